The molecule has 122 valence electrons. The fraction of sp³-hybridized carbons (Fsp3) is 0.0400. The van der Waals surface area contributed by atoms with E-state index < -0.39 is 0 Å². The van der Waals surface area contributed by atoms with Crippen LogP contribution in [0.4, 0.5) is 0 Å². The first-order valence-corrected chi connectivity index (χ1v) is 9.78. The molecule has 0 saturated carbocycles. The van der Waals surface area contributed by atoms with Crippen LogP contribution in [0.25, 0.3) is 11.1 Å². The van der Waals surface area contributed by atoms with Crippen LogP contribution >= 0.6 is 11.8 Å². The van der Waals surface area contributed by atoms with Crippen LogP contribution in [0.3, 0.4) is 0 Å². The van der Waals surface area contributed by atoms with Crippen molar-refractivity contribution in [2.24, 2.45) is 0 Å². The van der Waals surface area contributed by atoms with Crippen molar-refractivity contribution < 1.29 is 0 Å². The van der Waals surface area contributed by atoms with Gasteiger partial charge in [0.15, 0.2) is 0 Å². The molecule has 1 heteroatoms. The number of hydrogen-bond acceptors (Lipinski definition) is 1. The van der Waals surface area contributed by atoms with E-state index in [1.807, 2.05) is 11.8 Å². The molecular formula is C25H16S. The normalized spacial score (nSPS) is 18.8. The molecule has 4 aromatic carbocycles. The predicted molar refractivity (Wildman–Crippen MR) is 108 cm³/mol. The molecular weight excluding hydrogens is 332 g/mol. The molecule has 1 aliphatic carbocycles. The van der Waals surface area contributed by atoms with E-state index in [9.17, 15) is 0 Å². The van der Waals surface area contributed by atoms with Crippen LogP contribution in [0.1, 0.15) is 22.3 Å². The maximum Gasteiger partial charge on any atom is 0.0735 e. The van der Waals surface area contributed by atoms with E-state index in [4.69, 9.17) is 0 Å². The van der Waals surface area contributed by atoms with Crippen LogP contribution in [0.5, 0.6) is 0 Å². The van der Waals surface area contributed by atoms with Gasteiger partial charge >= 0.3 is 0 Å². The van der Waals surface area contributed by atoms with Crippen molar-refractivity contribution in [1.82, 2.24) is 0 Å². The summed E-state index contributed by atoms with van der Waals surface area (Å²) in [4.78, 5) is 2.74. The third-order valence-corrected chi connectivity index (χ3v) is 6.88. The highest BCUT2D eigenvalue weighted by Gasteiger charge is 2.50. The summed E-state index contributed by atoms with van der Waals surface area (Å²) in [6.45, 7) is 0. The molecule has 0 bridgehead atoms. The van der Waals surface area contributed by atoms with Gasteiger partial charge in [-0.3, -0.25) is 0 Å². The largest absolute Gasteiger partial charge is 0.0894 e. The van der Waals surface area contributed by atoms with Crippen molar-refractivity contribution in [2.45, 2.75) is 15.2 Å². The number of benzene rings is 4. The summed E-state index contributed by atoms with van der Waals surface area (Å²) in [5.74, 6) is 0. The lowest BCUT2D eigenvalue weighted by molar-refractivity contribution is 0.724. The fourth-order valence-corrected chi connectivity index (χ4v) is 6.04. The zero-order valence-corrected chi connectivity index (χ0v) is 15.0. The van der Waals surface area contributed by atoms with E-state index in [-0.39, 0.29) is 5.41 Å². The molecule has 2 aliphatic rings. The summed E-state index contributed by atoms with van der Waals surface area (Å²) in [5, 5.41) is 0. The SMILES string of the molecule is c1ccc(C23c4ccccc4Sc4cccc(c42)-c2ccccc23)cc1. The summed E-state index contributed by atoms with van der Waals surface area (Å²) < 4.78 is 0. The Morgan fingerprint density at radius 1 is 0.500 bits per heavy atom. The quantitative estimate of drug-likeness (QED) is 0.326. The van der Waals surface area contributed by atoms with Gasteiger partial charge in [0, 0.05) is 9.79 Å². The zero-order valence-electron chi connectivity index (χ0n) is 14.1. The molecule has 6 rings (SSSR count). The number of fused-ring (bicyclic) bond motifs is 5. The lowest BCUT2D eigenvalue weighted by atomic mass is 9.67. The van der Waals surface area contributed by atoms with Crippen LogP contribution < -0.4 is 0 Å². The minimum atomic E-state index is -0.217. The Morgan fingerprint density at radius 3 is 2.04 bits per heavy atom. The molecule has 0 fully saturated rings. The van der Waals surface area contributed by atoms with E-state index in [1.165, 1.54) is 43.2 Å². The van der Waals surface area contributed by atoms with Gasteiger partial charge in [-0.25, -0.2) is 0 Å². The molecule has 0 saturated heterocycles. The molecule has 1 atom stereocenters. The monoisotopic (exact) mass is 348 g/mol. The van der Waals surface area contributed by atoms with Gasteiger partial charge < -0.3 is 0 Å². The van der Waals surface area contributed by atoms with Gasteiger partial charge in [0.2, 0.25) is 0 Å². The molecule has 0 N–H and O–H groups in total. The van der Waals surface area contributed by atoms with E-state index in [0.29, 0.717) is 0 Å². The van der Waals surface area contributed by atoms with Crippen molar-refractivity contribution in [3.05, 3.63) is 119 Å². The maximum absolute atomic E-state index is 2.32. The highest BCUT2D eigenvalue weighted by Crippen LogP contribution is 2.63. The van der Waals surface area contributed by atoms with Crippen molar-refractivity contribution in [3.8, 4) is 11.1 Å². The molecule has 4 aromatic rings. The van der Waals surface area contributed by atoms with E-state index >= 15 is 0 Å². The Labute approximate surface area is 157 Å². The van der Waals surface area contributed by atoms with Gasteiger partial charge in [-0.05, 0) is 45.5 Å². The molecule has 1 aliphatic heterocycles. The highest BCUT2D eigenvalue weighted by molar-refractivity contribution is 7.99. The second kappa shape index (κ2) is 5.12. The van der Waals surface area contributed by atoms with Gasteiger partial charge in [-0.1, -0.05) is 96.7 Å². The topological polar surface area (TPSA) is 0 Å². The van der Waals surface area contributed by atoms with E-state index in [0.717, 1.165) is 0 Å². The lowest BCUT2D eigenvalue weighted by Gasteiger charge is -2.39. The summed E-state index contributed by atoms with van der Waals surface area (Å²) in [6.07, 6.45) is 0. The fourth-order valence-electron chi connectivity index (χ4n) is 4.81. The second-order valence-corrected chi connectivity index (χ2v) is 8.02. The van der Waals surface area contributed by atoms with Crippen molar-refractivity contribution in [1.29, 1.82) is 0 Å². The van der Waals surface area contributed by atoms with E-state index in [1.54, 1.807) is 0 Å². The molecule has 0 aromatic heterocycles. The molecule has 0 radical (unpaired) electrons. The van der Waals surface area contributed by atoms with Crippen LogP contribution in [-0.2, 0) is 5.41 Å². The van der Waals surface area contributed by atoms with Gasteiger partial charge in [-0.2, -0.15) is 0 Å². The first kappa shape index (κ1) is 14.4. The van der Waals surface area contributed by atoms with Crippen LogP contribution in [-0.4, -0.2) is 0 Å². The Morgan fingerprint density at radius 2 is 1.15 bits per heavy atom. The summed E-state index contributed by atoms with van der Waals surface area (Å²) in [5.41, 5.74) is 8.14. The maximum atomic E-state index is 2.32. The predicted octanol–water partition coefficient (Wildman–Crippen LogP) is 6.51. The van der Waals surface area contributed by atoms with Crippen molar-refractivity contribution in [3.63, 3.8) is 0 Å². The summed E-state index contributed by atoms with van der Waals surface area (Å²) in [6, 6.07) is 35.6. The molecule has 26 heavy (non-hydrogen) atoms. The Kier molecular flexibility index (Phi) is 2.84. The second-order valence-electron chi connectivity index (χ2n) is 6.94. The smallest absolute Gasteiger partial charge is 0.0735 e. The molecule has 0 nitrogen and oxygen atoms in total. The molecule has 0 spiro atoms. The Bertz CT molecular complexity index is 1160. The van der Waals surface area contributed by atoms with Crippen molar-refractivity contribution >= 4 is 11.8 Å². The van der Waals surface area contributed by atoms with Gasteiger partial charge in [-0.15, -0.1) is 0 Å². The number of hydrogen-bond donors (Lipinski definition) is 0. The first-order valence-electron chi connectivity index (χ1n) is 8.97. The molecule has 1 heterocycles. The van der Waals surface area contributed by atoms with Crippen molar-refractivity contribution in [2.75, 3.05) is 0 Å². The molecule has 1 unspecified atom stereocenters. The summed E-state index contributed by atoms with van der Waals surface area (Å²) in [7, 11) is 0. The van der Waals surface area contributed by atoms with Crippen LogP contribution in [0.15, 0.2) is 107 Å². The third-order valence-electron chi connectivity index (χ3n) is 5.74. The van der Waals surface area contributed by atoms with Gasteiger partial charge in [0.05, 0.1) is 5.41 Å². The highest BCUT2D eigenvalue weighted by atomic mass is 32.2. The average Bonchev–Trinajstić information content (AvgIpc) is 3.02. The van der Waals surface area contributed by atoms with E-state index in [2.05, 4.69) is 97.1 Å². The van der Waals surface area contributed by atoms with Crippen LogP contribution in [0.2, 0.25) is 0 Å². The average molecular weight is 348 g/mol. The van der Waals surface area contributed by atoms with Gasteiger partial charge in [0.25, 0.3) is 0 Å². The number of rotatable bonds is 1. The lowest BCUT2D eigenvalue weighted by Crippen LogP contribution is -2.31. The minimum absolute atomic E-state index is 0.217. The summed E-state index contributed by atoms with van der Waals surface area (Å²) >= 11 is 1.90. The first-order chi connectivity index (χ1) is 12.9. The standard InChI is InChI=1S/C25H16S/c1-2-9-17(10-3-1)25-20-13-5-4-11-18(20)19-12-8-16-23(24(19)25)26-22-15-7-6-14-21(22)25/h1-16H. The minimum Gasteiger partial charge on any atom is -0.0894 e. The zero-order chi connectivity index (χ0) is 17.1. The Balaban J connectivity index is 1.88. The molecule has 0 amide bonds. The third kappa shape index (κ3) is 1.62. The van der Waals surface area contributed by atoms with Gasteiger partial charge in [0.1, 0.15) is 0 Å². The van der Waals surface area contributed by atoms with Crippen LogP contribution in [0, 0.1) is 0 Å². The Hall–Kier alpha value is -2.77.